The van der Waals surface area contributed by atoms with E-state index in [4.69, 9.17) is 23.7 Å². The van der Waals surface area contributed by atoms with Crippen LogP contribution in [-0.4, -0.2) is 98.4 Å². The summed E-state index contributed by atoms with van der Waals surface area (Å²) in [6, 6.07) is -0.580. The summed E-state index contributed by atoms with van der Waals surface area (Å²) >= 11 is 0. The zero-order valence-corrected chi connectivity index (χ0v) is 39.0. The molecule has 0 aromatic heterocycles. The van der Waals surface area contributed by atoms with E-state index >= 15 is 0 Å². The highest BCUT2D eigenvalue weighted by molar-refractivity contribution is 5.84. The van der Waals surface area contributed by atoms with Gasteiger partial charge in [-0.3, -0.25) is 14.4 Å². The summed E-state index contributed by atoms with van der Waals surface area (Å²) in [5, 5.41) is 36.3. The average Bonchev–Trinajstić information content (AvgIpc) is 3.58. The first kappa shape index (κ1) is 48.5. The Labute approximate surface area is 366 Å². The fourth-order valence-electron chi connectivity index (χ4n) is 12.3. The molecule has 61 heavy (non-hydrogen) atoms. The van der Waals surface area contributed by atoms with Gasteiger partial charge in [0.2, 0.25) is 5.91 Å². The number of amides is 1. The van der Waals surface area contributed by atoms with E-state index in [1.807, 2.05) is 46.8 Å². The number of ketones is 1. The molecular weight excluding hydrogens is 779 g/mol. The van der Waals surface area contributed by atoms with E-state index < -0.39 is 76.8 Å². The number of aliphatic hydroxyl groups is 2. The van der Waals surface area contributed by atoms with Crippen LogP contribution in [0.1, 0.15) is 166 Å². The third kappa shape index (κ3) is 9.58. The number of aliphatic carboxylic acids is 1. The lowest BCUT2D eigenvalue weighted by Gasteiger charge is -2.55. The van der Waals surface area contributed by atoms with Crippen molar-refractivity contribution >= 4 is 17.7 Å². The molecule has 0 unspecified atom stereocenters. The van der Waals surface area contributed by atoms with Crippen molar-refractivity contribution in [2.45, 2.75) is 231 Å². The Hall–Kier alpha value is -1.93. The number of nitrogens with one attached hydrogen (secondary N) is 1. The van der Waals surface area contributed by atoms with Crippen LogP contribution in [-0.2, 0) is 38.1 Å². The molecule has 1 amide bonds. The number of ether oxygens (including phenoxy) is 5. The standard InChI is InChI=1S/C49H81NO11/c1-11-35(45(54)55)37-20-19-28(4)42(58-37)32(8)40(51)31(7)41(52)36(12-2)43-29(5)27-30(6)48(59-43)24-21-38(50-44(53)34-17-15-14-16-18-34)49(61-48)26-25-46(10,60-49)39-22-23-47(56,13-3)33(9)57-39/h21,24,28-40,42-43,51,56H,11-20,22-23,25-27H2,1-10H3,(H,50,53)(H,54,55)/t28-,29-,30+,31-,32-,33-,35+,36-,37+,38-,39+,40+,42+,43-,46-,47+,48-,49-/m0/s1. The van der Waals surface area contributed by atoms with E-state index in [2.05, 4.69) is 33.0 Å². The smallest absolute Gasteiger partial charge is 0.309 e. The maximum atomic E-state index is 14.7. The maximum Gasteiger partial charge on any atom is 0.309 e. The number of carboxylic acids is 1. The summed E-state index contributed by atoms with van der Waals surface area (Å²) in [5.41, 5.74) is -1.65. The third-order valence-corrected chi connectivity index (χ3v) is 16.8. The molecule has 12 heteroatoms. The minimum atomic E-state index is -1.27. The second kappa shape index (κ2) is 19.3. The first-order valence-corrected chi connectivity index (χ1v) is 24.3. The molecule has 0 aromatic rings. The van der Waals surface area contributed by atoms with Crippen LogP contribution in [0.4, 0.5) is 0 Å². The number of Topliss-reactive ketones (excluding diaryl/α,β-unsaturated/α-hetero) is 1. The van der Waals surface area contributed by atoms with Gasteiger partial charge in [-0.15, -0.1) is 0 Å². The van der Waals surface area contributed by atoms with Crippen molar-refractivity contribution in [2.75, 3.05) is 0 Å². The molecule has 0 aromatic carbocycles. The van der Waals surface area contributed by atoms with Gasteiger partial charge in [-0.25, -0.2) is 0 Å². The highest BCUT2D eigenvalue weighted by Gasteiger charge is 2.63. The molecule has 5 heterocycles. The summed E-state index contributed by atoms with van der Waals surface area (Å²) in [5.74, 6) is -5.80. The van der Waals surface area contributed by atoms with Crippen LogP contribution in [0.3, 0.4) is 0 Å². The molecule has 6 aliphatic rings. The highest BCUT2D eigenvalue weighted by Crippen LogP contribution is 2.54. The van der Waals surface area contributed by atoms with E-state index in [1.54, 1.807) is 6.92 Å². The quantitative estimate of drug-likeness (QED) is 0.125. The zero-order chi connectivity index (χ0) is 44.7. The van der Waals surface area contributed by atoms with Crippen LogP contribution in [0.25, 0.3) is 0 Å². The normalized spacial score (nSPS) is 43.4. The van der Waals surface area contributed by atoms with Gasteiger partial charge in [-0.2, -0.15) is 0 Å². The van der Waals surface area contributed by atoms with Crippen LogP contribution in [0.5, 0.6) is 0 Å². The van der Waals surface area contributed by atoms with Gasteiger partial charge < -0.3 is 44.3 Å². The molecule has 4 N–H and O–H groups in total. The molecule has 5 fully saturated rings. The van der Waals surface area contributed by atoms with Gasteiger partial charge in [-0.05, 0) is 102 Å². The van der Waals surface area contributed by atoms with Crippen LogP contribution in [0, 0.1) is 47.3 Å². The Balaban J connectivity index is 1.24. The van der Waals surface area contributed by atoms with Gasteiger partial charge in [0.25, 0.3) is 0 Å². The highest BCUT2D eigenvalue weighted by atomic mass is 16.8. The van der Waals surface area contributed by atoms with Gasteiger partial charge in [0.1, 0.15) is 11.8 Å². The SMILES string of the molecule is CC[C@@H](C(=O)[C@@H](C)[C@@H](O)[C@H](C)[C@@H]1O[C@@H]([C@@H](CC)C(=O)O)CC[C@@H]1C)[C@H]1O[C@]2(C=C[C@H](NC(=O)C3CCCCC3)[C@]3(CC[C@@](C)([C@H]4CC[C@](O)(CC)[C@H](C)O4)O3)O2)[C@H](C)C[C@@H]1C. The number of carbonyl (C=O) groups excluding carboxylic acids is 2. The zero-order valence-electron chi connectivity index (χ0n) is 39.0. The lowest BCUT2D eigenvalue weighted by atomic mass is 9.72. The summed E-state index contributed by atoms with van der Waals surface area (Å²) < 4.78 is 34.8. The van der Waals surface area contributed by atoms with Crippen molar-refractivity contribution in [1.29, 1.82) is 0 Å². The molecule has 2 spiro atoms. The van der Waals surface area contributed by atoms with E-state index in [0.29, 0.717) is 57.8 Å². The van der Waals surface area contributed by atoms with E-state index in [9.17, 15) is 29.7 Å². The average molecular weight is 860 g/mol. The summed E-state index contributed by atoms with van der Waals surface area (Å²) in [7, 11) is 0. The monoisotopic (exact) mass is 860 g/mol. The third-order valence-electron chi connectivity index (χ3n) is 16.8. The number of aliphatic hydroxyl groups excluding tert-OH is 1. The number of carbonyl (C=O) groups is 3. The van der Waals surface area contributed by atoms with Crippen molar-refractivity contribution in [3.63, 3.8) is 0 Å². The van der Waals surface area contributed by atoms with Crippen LogP contribution in [0.2, 0.25) is 0 Å². The molecule has 0 radical (unpaired) electrons. The summed E-state index contributed by atoms with van der Waals surface area (Å²) in [6.45, 7) is 19.8. The van der Waals surface area contributed by atoms with E-state index in [-0.39, 0.29) is 53.7 Å². The lowest BCUT2D eigenvalue weighted by Crippen LogP contribution is -2.66. The second-order valence-electron chi connectivity index (χ2n) is 20.8. The van der Waals surface area contributed by atoms with Crippen LogP contribution in [0.15, 0.2) is 12.2 Å². The topological polar surface area (TPSA) is 170 Å². The molecule has 0 bridgehead atoms. The Morgan fingerprint density at radius 2 is 1.52 bits per heavy atom. The van der Waals surface area contributed by atoms with E-state index in [1.165, 1.54) is 0 Å². The molecule has 4 saturated heterocycles. The Morgan fingerprint density at radius 1 is 0.836 bits per heavy atom. The minimum absolute atomic E-state index is 0.00151. The summed E-state index contributed by atoms with van der Waals surface area (Å²) in [6.07, 6.45) is 12.0. The van der Waals surface area contributed by atoms with Crippen molar-refractivity contribution in [3.05, 3.63) is 12.2 Å². The van der Waals surface area contributed by atoms with Gasteiger partial charge >= 0.3 is 5.97 Å². The number of hydrogen-bond acceptors (Lipinski definition) is 10. The maximum absolute atomic E-state index is 14.7. The molecule has 1 aliphatic carbocycles. The van der Waals surface area contributed by atoms with Gasteiger partial charge in [-0.1, -0.05) is 80.7 Å². The van der Waals surface area contributed by atoms with Crippen molar-refractivity contribution in [1.82, 2.24) is 5.32 Å². The van der Waals surface area contributed by atoms with Crippen molar-refractivity contribution in [3.8, 4) is 0 Å². The van der Waals surface area contributed by atoms with Gasteiger partial charge in [0.15, 0.2) is 11.6 Å². The predicted molar refractivity (Wildman–Crippen MR) is 231 cm³/mol. The minimum Gasteiger partial charge on any atom is -0.481 e. The predicted octanol–water partition coefficient (Wildman–Crippen LogP) is 7.89. The van der Waals surface area contributed by atoms with Crippen LogP contribution >= 0.6 is 0 Å². The first-order valence-electron chi connectivity index (χ1n) is 24.3. The lowest BCUT2D eigenvalue weighted by molar-refractivity contribution is -0.398. The fraction of sp³-hybridized carbons (Fsp3) is 0.898. The largest absolute Gasteiger partial charge is 0.481 e. The fourth-order valence-corrected chi connectivity index (χ4v) is 12.3. The van der Waals surface area contributed by atoms with Gasteiger partial charge in [0, 0.05) is 36.0 Å². The van der Waals surface area contributed by atoms with Crippen molar-refractivity contribution in [2.24, 2.45) is 47.3 Å². The van der Waals surface area contributed by atoms with Gasteiger partial charge in [0.05, 0.1) is 53.7 Å². The van der Waals surface area contributed by atoms with Crippen molar-refractivity contribution < 1.29 is 53.4 Å². The molecule has 348 valence electrons. The molecule has 1 saturated carbocycles. The van der Waals surface area contributed by atoms with E-state index in [0.717, 1.165) is 38.5 Å². The molecule has 18 atom stereocenters. The number of hydrogen-bond donors (Lipinski definition) is 4. The Bertz CT molecular complexity index is 1570. The molecule has 5 aliphatic heterocycles. The Morgan fingerprint density at radius 3 is 2.15 bits per heavy atom. The molecular formula is C49H81NO11. The number of rotatable bonds is 14. The molecule has 6 rings (SSSR count). The second-order valence-corrected chi connectivity index (χ2v) is 20.8. The summed E-state index contributed by atoms with van der Waals surface area (Å²) in [4.78, 5) is 40.6. The first-order chi connectivity index (χ1) is 28.8. The number of carboxylic acid groups (broad SMARTS) is 1. The molecule has 12 nitrogen and oxygen atoms in total. The van der Waals surface area contributed by atoms with Crippen LogP contribution < -0.4 is 5.32 Å². The Kier molecular flexibility index (Phi) is 15.3.